The summed E-state index contributed by atoms with van der Waals surface area (Å²) in [7, 11) is 0. The zero-order valence-electron chi connectivity index (χ0n) is 10.6. The molecule has 1 atom stereocenters. The summed E-state index contributed by atoms with van der Waals surface area (Å²) in [6, 6.07) is 8.29. The Hall–Kier alpha value is -1.35. The smallest absolute Gasteiger partial charge is 0.240 e. The van der Waals surface area contributed by atoms with Gasteiger partial charge in [0, 0.05) is 19.6 Å². The van der Waals surface area contributed by atoms with Gasteiger partial charge < -0.3 is 10.2 Å². The highest BCUT2D eigenvalue weighted by Gasteiger charge is 2.26. The van der Waals surface area contributed by atoms with Gasteiger partial charge in [0.2, 0.25) is 5.91 Å². The predicted molar refractivity (Wildman–Crippen MR) is 68.7 cm³/mol. The average molecular weight is 232 g/mol. The molecule has 17 heavy (non-hydrogen) atoms. The molecule has 0 fully saturated rings. The van der Waals surface area contributed by atoms with Crippen molar-refractivity contribution >= 4 is 5.91 Å². The van der Waals surface area contributed by atoms with Crippen LogP contribution in [0.2, 0.25) is 0 Å². The number of benzene rings is 1. The lowest BCUT2D eigenvalue weighted by Gasteiger charge is -2.29. The summed E-state index contributed by atoms with van der Waals surface area (Å²) in [4.78, 5) is 14.1. The molecule has 0 aromatic heterocycles. The van der Waals surface area contributed by atoms with Crippen LogP contribution in [-0.2, 0) is 17.8 Å². The molecule has 0 aliphatic carbocycles. The molecule has 1 aromatic rings. The van der Waals surface area contributed by atoms with E-state index in [1.807, 2.05) is 30.9 Å². The van der Waals surface area contributed by atoms with Crippen molar-refractivity contribution in [3.05, 3.63) is 35.4 Å². The van der Waals surface area contributed by atoms with Gasteiger partial charge in [-0.05, 0) is 31.4 Å². The van der Waals surface area contributed by atoms with E-state index in [4.69, 9.17) is 0 Å². The fourth-order valence-electron chi connectivity index (χ4n) is 2.38. The molecule has 3 nitrogen and oxygen atoms in total. The van der Waals surface area contributed by atoms with Crippen molar-refractivity contribution in [1.82, 2.24) is 10.2 Å². The van der Waals surface area contributed by atoms with E-state index in [0.717, 1.165) is 26.1 Å². The van der Waals surface area contributed by atoms with E-state index in [0.29, 0.717) is 0 Å². The van der Waals surface area contributed by atoms with E-state index in [-0.39, 0.29) is 11.9 Å². The molecule has 1 amide bonds. The molecule has 92 valence electrons. The minimum absolute atomic E-state index is 0.0511. The molecule has 0 spiro atoms. The predicted octanol–water partition coefficient (Wildman–Crippen LogP) is 1.57. The first-order valence-corrected chi connectivity index (χ1v) is 6.35. The molecule has 0 saturated carbocycles. The maximum absolute atomic E-state index is 12.2. The van der Waals surface area contributed by atoms with Gasteiger partial charge in [-0.3, -0.25) is 4.79 Å². The van der Waals surface area contributed by atoms with Crippen LogP contribution in [-0.4, -0.2) is 29.9 Å². The van der Waals surface area contributed by atoms with E-state index >= 15 is 0 Å². The van der Waals surface area contributed by atoms with Crippen LogP contribution in [0.3, 0.4) is 0 Å². The van der Waals surface area contributed by atoms with Crippen molar-refractivity contribution in [3.63, 3.8) is 0 Å². The largest absolute Gasteiger partial charge is 0.342 e. The van der Waals surface area contributed by atoms with Crippen LogP contribution in [0.25, 0.3) is 0 Å². The van der Waals surface area contributed by atoms with Gasteiger partial charge in [-0.2, -0.15) is 0 Å². The first-order chi connectivity index (χ1) is 8.26. The Morgan fingerprint density at radius 3 is 2.59 bits per heavy atom. The van der Waals surface area contributed by atoms with Crippen molar-refractivity contribution in [2.75, 3.05) is 13.1 Å². The van der Waals surface area contributed by atoms with E-state index < -0.39 is 0 Å². The minimum Gasteiger partial charge on any atom is -0.342 e. The lowest BCUT2D eigenvalue weighted by molar-refractivity contribution is -0.133. The molecular weight excluding hydrogens is 212 g/mol. The van der Waals surface area contributed by atoms with E-state index in [2.05, 4.69) is 17.4 Å². The topological polar surface area (TPSA) is 32.3 Å². The monoisotopic (exact) mass is 232 g/mol. The Balaban J connectivity index is 2.09. The van der Waals surface area contributed by atoms with Crippen LogP contribution in [0.5, 0.6) is 0 Å². The Kier molecular flexibility index (Phi) is 3.79. The van der Waals surface area contributed by atoms with Crippen LogP contribution in [0.4, 0.5) is 0 Å². The van der Waals surface area contributed by atoms with Crippen LogP contribution < -0.4 is 5.32 Å². The third-order valence-corrected chi connectivity index (χ3v) is 3.45. The lowest BCUT2D eigenvalue weighted by atomic mass is 9.95. The molecule has 1 aliphatic rings. The Bertz CT molecular complexity index is 399. The van der Waals surface area contributed by atoms with Crippen molar-refractivity contribution in [2.45, 2.75) is 32.9 Å². The maximum Gasteiger partial charge on any atom is 0.240 e. The zero-order chi connectivity index (χ0) is 12.3. The number of hydrogen-bond donors (Lipinski definition) is 1. The van der Waals surface area contributed by atoms with Gasteiger partial charge in [-0.1, -0.05) is 24.3 Å². The molecule has 1 aromatic carbocycles. The van der Waals surface area contributed by atoms with Gasteiger partial charge >= 0.3 is 0 Å². The number of fused-ring (bicyclic) bond motifs is 1. The third kappa shape index (κ3) is 2.50. The van der Waals surface area contributed by atoms with Crippen LogP contribution >= 0.6 is 0 Å². The van der Waals surface area contributed by atoms with Crippen molar-refractivity contribution in [1.29, 1.82) is 0 Å². The highest BCUT2D eigenvalue weighted by Crippen LogP contribution is 2.17. The van der Waals surface area contributed by atoms with Crippen LogP contribution in [0.1, 0.15) is 25.0 Å². The molecule has 2 rings (SSSR count). The molecule has 0 bridgehead atoms. The van der Waals surface area contributed by atoms with E-state index in [1.165, 1.54) is 11.1 Å². The van der Waals surface area contributed by atoms with E-state index in [9.17, 15) is 4.79 Å². The number of nitrogens with zero attached hydrogens (tertiary/aromatic N) is 1. The molecule has 1 aliphatic heterocycles. The first kappa shape index (κ1) is 12.1. The van der Waals surface area contributed by atoms with Gasteiger partial charge in [-0.25, -0.2) is 0 Å². The summed E-state index contributed by atoms with van der Waals surface area (Å²) in [6.07, 6.45) is 0.811. The number of rotatable bonds is 3. The second-order valence-corrected chi connectivity index (χ2v) is 4.42. The summed E-state index contributed by atoms with van der Waals surface area (Å²) < 4.78 is 0. The maximum atomic E-state index is 12.2. The Labute approximate surface area is 103 Å². The Morgan fingerprint density at radius 2 is 1.94 bits per heavy atom. The fraction of sp³-hybridized carbons (Fsp3) is 0.500. The summed E-state index contributed by atoms with van der Waals surface area (Å²) in [5, 5.41) is 3.33. The normalized spacial score (nSPS) is 18.6. The van der Waals surface area contributed by atoms with E-state index in [1.54, 1.807) is 0 Å². The minimum atomic E-state index is -0.0511. The average Bonchev–Trinajstić information content (AvgIpc) is 2.39. The highest BCUT2D eigenvalue weighted by molar-refractivity contribution is 5.82. The molecule has 1 unspecified atom stereocenters. The fourth-order valence-corrected chi connectivity index (χ4v) is 2.38. The SMILES string of the molecule is CCN(CC)C(=O)C1Cc2ccccc2CN1. The molecule has 0 saturated heterocycles. The summed E-state index contributed by atoms with van der Waals surface area (Å²) in [5.41, 5.74) is 2.62. The lowest BCUT2D eigenvalue weighted by Crippen LogP contribution is -2.49. The second-order valence-electron chi connectivity index (χ2n) is 4.42. The summed E-state index contributed by atoms with van der Waals surface area (Å²) in [6.45, 7) is 6.43. The number of hydrogen-bond acceptors (Lipinski definition) is 2. The molecular formula is C14H20N2O. The number of nitrogens with one attached hydrogen (secondary N) is 1. The molecule has 0 radical (unpaired) electrons. The summed E-state index contributed by atoms with van der Waals surface area (Å²) >= 11 is 0. The Morgan fingerprint density at radius 1 is 1.29 bits per heavy atom. The van der Waals surface area contributed by atoms with Crippen LogP contribution in [0.15, 0.2) is 24.3 Å². The number of carbonyl (C=O) groups excluding carboxylic acids is 1. The number of amides is 1. The molecule has 1 heterocycles. The quantitative estimate of drug-likeness (QED) is 0.858. The number of likely N-dealkylation sites (N-methyl/N-ethyl adjacent to an activating group) is 1. The first-order valence-electron chi connectivity index (χ1n) is 6.35. The highest BCUT2D eigenvalue weighted by atomic mass is 16.2. The third-order valence-electron chi connectivity index (χ3n) is 3.45. The van der Waals surface area contributed by atoms with Gasteiger partial charge in [0.15, 0.2) is 0 Å². The van der Waals surface area contributed by atoms with Crippen LogP contribution in [0, 0.1) is 0 Å². The van der Waals surface area contributed by atoms with Gasteiger partial charge in [0.1, 0.15) is 0 Å². The standard InChI is InChI=1S/C14H20N2O/c1-3-16(4-2)14(17)13-9-11-7-5-6-8-12(11)10-15-13/h5-8,13,15H,3-4,9-10H2,1-2H3. The van der Waals surface area contributed by atoms with Crippen molar-refractivity contribution in [3.8, 4) is 0 Å². The molecule has 1 N–H and O–H groups in total. The van der Waals surface area contributed by atoms with Crippen molar-refractivity contribution < 1.29 is 4.79 Å². The number of carbonyl (C=O) groups is 1. The van der Waals surface area contributed by atoms with Gasteiger partial charge in [-0.15, -0.1) is 0 Å². The molecule has 3 heteroatoms. The second kappa shape index (κ2) is 5.32. The zero-order valence-corrected chi connectivity index (χ0v) is 10.6. The van der Waals surface area contributed by atoms with Gasteiger partial charge in [0.05, 0.1) is 6.04 Å². The summed E-state index contributed by atoms with van der Waals surface area (Å²) in [5.74, 6) is 0.226. The van der Waals surface area contributed by atoms with Crippen molar-refractivity contribution in [2.24, 2.45) is 0 Å². The van der Waals surface area contributed by atoms with Gasteiger partial charge in [0.25, 0.3) is 0 Å².